The lowest BCUT2D eigenvalue weighted by Crippen LogP contribution is -2.34. The SMILES string of the molecule is CCNc1cc(C(=O)NC2(C)CC2)c([N+](=O)[O-])cc1F. The highest BCUT2D eigenvalue weighted by Gasteiger charge is 2.40. The molecule has 2 rings (SSSR count). The Balaban J connectivity index is 2.39. The van der Waals surface area contributed by atoms with E-state index in [0.717, 1.165) is 18.9 Å². The van der Waals surface area contributed by atoms with E-state index >= 15 is 0 Å². The van der Waals surface area contributed by atoms with Crippen molar-refractivity contribution < 1.29 is 14.1 Å². The van der Waals surface area contributed by atoms with Crippen LogP contribution in [0.2, 0.25) is 0 Å². The molecule has 1 aromatic rings. The molecule has 0 unspecified atom stereocenters. The first-order chi connectivity index (χ1) is 9.36. The van der Waals surface area contributed by atoms with Crippen molar-refractivity contribution >= 4 is 17.3 Å². The number of amides is 1. The highest BCUT2D eigenvalue weighted by molar-refractivity contribution is 5.99. The number of nitro benzene ring substituents is 1. The first-order valence-corrected chi connectivity index (χ1v) is 6.40. The summed E-state index contributed by atoms with van der Waals surface area (Å²) in [6.45, 7) is 4.09. The number of benzene rings is 1. The van der Waals surface area contributed by atoms with Gasteiger partial charge < -0.3 is 10.6 Å². The minimum atomic E-state index is -0.747. The van der Waals surface area contributed by atoms with Gasteiger partial charge in [0, 0.05) is 12.1 Å². The van der Waals surface area contributed by atoms with Gasteiger partial charge in [0.2, 0.25) is 0 Å². The Bertz CT molecular complexity index is 570. The molecule has 1 fully saturated rings. The maximum atomic E-state index is 13.7. The van der Waals surface area contributed by atoms with E-state index in [1.54, 1.807) is 6.92 Å². The number of nitrogens with zero attached hydrogens (tertiary/aromatic N) is 1. The summed E-state index contributed by atoms with van der Waals surface area (Å²) in [5.41, 5.74) is -0.854. The maximum absolute atomic E-state index is 13.7. The molecule has 0 saturated heterocycles. The Morgan fingerprint density at radius 3 is 2.65 bits per heavy atom. The summed E-state index contributed by atoms with van der Waals surface area (Å²) in [4.78, 5) is 22.3. The van der Waals surface area contributed by atoms with Gasteiger partial charge in [-0.3, -0.25) is 14.9 Å². The summed E-state index contributed by atoms with van der Waals surface area (Å²) < 4.78 is 13.7. The summed E-state index contributed by atoms with van der Waals surface area (Å²) in [5, 5.41) is 16.4. The van der Waals surface area contributed by atoms with E-state index in [9.17, 15) is 19.3 Å². The molecule has 0 atom stereocenters. The van der Waals surface area contributed by atoms with Crippen LogP contribution in [0.4, 0.5) is 15.8 Å². The van der Waals surface area contributed by atoms with Crippen LogP contribution in [0.3, 0.4) is 0 Å². The predicted molar refractivity (Wildman–Crippen MR) is 72.3 cm³/mol. The number of carbonyl (C=O) groups excluding carboxylic acids is 1. The van der Waals surface area contributed by atoms with Crippen LogP contribution in [0, 0.1) is 15.9 Å². The highest BCUT2D eigenvalue weighted by atomic mass is 19.1. The molecule has 0 aliphatic heterocycles. The van der Waals surface area contributed by atoms with Gasteiger partial charge >= 0.3 is 0 Å². The first kappa shape index (κ1) is 14.2. The van der Waals surface area contributed by atoms with Gasteiger partial charge in [-0.15, -0.1) is 0 Å². The van der Waals surface area contributed by atoms with Gasteiger partial charge in [0.25, 0.3) is 11.6 Å². The molecule has 1 aromatic carbocycles. The van der Waals surface area contributed by atoms with E-state index in [2.05, 4.69) is 10.6 Å². The average Bonchev–Trinajstić information content (AvgIpc) is 3.08. The van der Waals surface area contributed by atoms with Gasteiger partial charge in [-0.05, 0) is 32.8 Å². The fraction of sp³-hybridized carbons (Fsp3) is 0.462. The van der Waals surface area contributed by atoms with Crippen LogP contribution in [-0.2, 0) is 0 Å². The predicted octanol–water partition coefficient (Wildman–Crippen LogP) is 2.45. The van der Waals surface area contributed by atoms with Gasteiger partial charge in [0.15, 0.2) is 5.82 Å². The summed E-state index contributed by atoms with van der Waals surface area (Å²) in [6.07, 6.45) is 1.68. The van der Waals surface area contributed by atoms with Crippen molar-refractivity contribution in [2.24, 2.45) is 0 Å². The van der Waals surface area contributed by atoms with E-state index in [1.165, 1.54) is 6.07 Å². The van der Waals surface area contributed by atoms with E-state index in [4.69, 9.17) is 0 Å². The van der Waals surface area contributed by atoms with Crippen molar-refractivity contribution in [1.29, 1.82) is 0 Å². The summed E-state index contributed by atoms with van der Waals surface area (Å²) >= 11 is 0. The van der Waals surface area contributed by atoms with E-state index in [1.807, 2.05) is 6.92 Å². The molecule has 1 aliphatic carbocycles. The van der Waals surface area contributed by atoms with E-state index < -0.39 is 22.3 Å². The number of nitro groups is 1. The number of anilines is 1. The van der Waals surface area contributed by atoms with Crippen LogP contribution in [-0.4, -0.2) is 22.9 Å². The van der Waals surface area contributed by atoms with Crippen LogP contribution in [0.5, 0.6) is 0 Å². The maximum Gasteiger partial charge on any atom is 0.285 e. The monoisotopic (exact) mass is 281 g/mol. The lowest BCUT2D eigenvalue weighted by atomic mass is 10.1. The quantitative estimate of drug-likeness (QED) is 0.641. The third-order valence-electron chi connectivity index (χ3n) is 3.31. The van der Waals surface area contributed by atoms with E-state index in [-0.39, 0.29) is 16.8 Å². The van der Waals surface area contributed by atoms with Gasteiger partial charge in [0.1, 0.15) is 5.56 Å². The molecule has 108 valence electrons. The Labute approximate surface area is 115 Å². The smallest absolute Gasteiger partial charge is 0.285 e. The molecule has 1 amide bonds. The summed E-state index contributed by atoms with van der Waals surface area (Å²) in [7, 11) is 0. The molecule has 1 aliphatic rings. The number of hydrogen-bond donors (Lipinski definition) is 2. The fourth-order valence-corrected chi connectivity index (χ4v) is 1.88. The molecule has 1 saturated carbocycles. The minimum Gasteiger partial charge on any atom is -0.383 e. The van der Waals surface area contributed by atoms with Crippen molar-refractivity contribution in [2.45, 2.75) is 32.2 Å². The topological polar surface area (TPSA) is 84.3 Å². The number of rotatable bonds is 5. The molecule has 0 spiro atoms. The molecule has 0 aromatic heterocycles. The van der Waals surface area contributed by atoms with Crippen molar-refractivity contribution in [3.05, 3.63) is 33.6 Å². The third-order valence-corrected chi connectivity index (χ3v) is 3.31. The van der Waals surface area contributed by atoms with Gasteiger partial charge in [-0.2, -0.15) is 0 Å². The Hall–Kier alpha value is -2.18. The highest BCUT2D eigenvalue weighted by Crippen LogP contribution is 2.35. The minimum absolute atomic E-state index is 0.0872. The molecule has 0 heterocycles. The van der Waals surface area contributed by atoms with Crippen LogP contribution in [0.1, 0.15) is 37.0 Å². The molecular formula is C13H16FN3O3. The largest absolute Gasteiger partial charge is 0.383 e. The second-order valence-electron chi connectivity index (χ2n) is 5.15. The number of hydrogen-bond acceptors (Lipinski definition) is 4. The molecule has 6 nitrogen and oxygen atoms in total. The molecule has 20 heavy (non-hydrogen) atoms. The Morgan fingerprint density at radius 1 is 1.50 bits per heavy atom. The van der Waals surface area contributed by atoms with Gasteiger partial charge in [-0.25, -0.2) is 4.39 Å². The van der Waals surface area contributed by atoms with Crippen molar-refractivity contribution in [2.75, 3.05) is 11.9 Å². The average molecular weight is 281 g/mol. The normalized spacial score (nSPS) is 15.6. The molecule has 0 radical (unpaired) electrons. The van der Waals surface area contributed by atoms with Crippen LogP contribution >= 0.6 is 0 Å². The van der Waals surface area contributed by atoms with Gasteiger partial charge in [-0.1, -0.05) is 0 Å². The van der Waals surface area contributed by atoms with Gasteiger partial charge in [0.05, 0.1) is 16.7 Å². The number of carbonyl (C=O) groups is 1. The standard InChI is InChI=1S/C13H16FN3O3/c1-3-15-10-6-8(11(17(19)20)7-9(10)14)12(18)16-13(2)4-5-13/h6-7,15H,3-5H2,1-2H3,(H,16,18). The second-order valence-corrected chi connectivity index (χ2v) is 5.15. The summed E-state index contributed by atoms with van der Waals surface area (Å²) in [6, 6.07) is 1.97. The van der Waals surface area contributed by atoms with Crippen molar-refractivity contribution in [3.63, 3.8) is 0 Å². The molecule has 7 heteroatoms. The fourth-order valence-electron chi connectivity index (χ4n) is 1.88. The molecule has 2 N–H and O–H groups in total. The molecule has 0 bridgehead atoms. The van der Waals surface area contributed by atoms with Crippen LogP contribution < -0.4 is 10.6 Å². The lowest BCUT2D eigenvalue weighted by molar-refractivity contribution is -0.385. The number of halogens is 1. The zero-order valence-electron chi connectivity index (χ0n) is 11.3. The zero-order valence-corrected chi connectivity index (χ0v) is 11.3. The van der Waals surface area contributed by atoms with Crippen molar-refractivity contribution in [1.82, 2.24) is 5.32 Å². The Kier molecular flexibility index (Phi) is 3.61. The number of nitrogens with one attached hydrogen (secondary N) is 2. The lowest BCUT2D eigenvalue weighted by Gasteiger charge is -2.13. The second kappa shape index (κ2) is 5.07. The third kappa shape index (κ3) is 2.87. The van der Waals surface area contributed by atoms with Crippen molar-refractivity contribution in [3.8, 4) is 0 Å². The van der Waals surface area contributed by atoms with Crippen LogP contribution in [0.15, 0.2) is 12.1 Å². The Morgan fingerprint density at radius 2 is 2.15 bits per heavy atom. The molecular weight excluding hydrogens is 265 g/mol. The van der Waals surface area contributed by atoms with E-state index in [0.29, 0.717) is 6.54 Å². The zero-order chi connectivity index (χ0) is 14.9. The first-order valence-electron chi connectivity index (χ1n) is 6.40. The van der Waals surface area contributed by atoms with Crippen LogP contribution in [0.25, 0.3) is 0 Å². The summed E-state index contributed by atoms with van der Waals surface area (Å²) in [5.74, 6) is -1.29.